The van der Waals surface area contributed by atoms with Crippen LogP contribution >= 0.6 is 34.5 Å². The molecule has 0 spiro atoms. The molecular formula is C24H16Cl2N4O4S. The quantitative estimate of drug-likeness (QED) is 0.165. The number of fused-ring (bicyclic) bond motifs is 1. The Morgan fingerprint density at radius 2 is 1.80 bits per heavy atom. The highest BCUT2D eigenvalue weighted by atomic mass is 35.5. The number of non-ortho nitro benzene ring substituents is 1. The lowest BCUT2D eigenvalue weighted by molar-refractivity contribution is -0.384. The summed E-state index contributed by atoms with van der Waals surface area (Å²) in [4.78, 5) is 15.9. The zero-order chi connectivity index (χ0) is 24.5. The van der Waals surface area contributed by atoms with Crippen LogP contribution in [0, 0.1) is 10.1 Å². The van der Waals surface area contributed by atoms with Crippen LogP contribution in [0.15, 0.2) is 76.1 Å². The maximum atomic E-state index is 11.1. The number of halogens is 2. The molecule has 0 aliphatic carbocycles. The van der Waals surface area contributed by atoms with Gasteiger partial charge in [0.2, 0.25) is 11.6 Å². The molecule has 35 heavy (non-hydrogen) atoms. The van der Waals surface area contributed by atoms with Crippen LogP contribution in [-0.4, -0.2) is 22.1 Å². The first kappa shape index (κ1) is 23.1. The van der Waals surface area contributed by atoms with E-state index in [9.17, 15) is 10.1 Å². The van der Waals surface area contributed by atoms with Gasteiger partial charge in [-0.2, -0.15) is 5.10 Å². The van der Waals surface area contributed by atoms with Gasteiger partial charge in [-0.1, -0.05) is 23.2 Å². The molecule has 11 heteroatoms. The highest BCUT2D eigenvalue weighted by molar-refractivity contribution is 7.07. The fraction of sp³-hybridized carbons (Fsp3) is 0.0833. The Labute approximate surface area is 213 Å². The number of hydrogen-bond donors (Lipinski definition) is 0. The van der Waals surface area contributed by atoms with Crippen LogP contribution in [0.3, 0.4) is 0 Å². The lowest BCUT2D eigenvalue weighted by atomic mass is 10.1. The third-order valence-electron chi connectivity index (χ3n) is 5.23. The molecule has 0 saturated heterocycles. The second-order valence-electron chi connectivity index (χ2n) is 7.48. The van der Waals surface area contributed by atoms with Crippen LogP contribution in [0.4, 0.5) is 11.4 Å². The average molecular weight is 527 g/mol. The van der Waals surface area contributed by atoms with Gasteiger partial charge in [0.1, 0.15) is 0 Å². The van der Waals surface area contributed by atoms with Crippen LogP contribution in [0.25, 0.3) is 11.3 Å². The summed E-state index contributed by atoms with van der Waals surface area (Å²) in [5.74, 6) is 1.34. The van der Waals surface area contributed by atoms with Crippen molar-refractivity contribution in [3.8, 4) is 22.8 Å². The van der Waals surface area contributed by atoms with E-state index in [4.69, 9.17) is 42.8 Å². The number of thiazole rings is 1. The third-order valence-corrected chi connectivity index (χ3v) is 6.78. The van der Waals surface area contributed by atoms with Gasteiger partial charge in [-0.05, 0) is 55.5 Å². The van der Waals surface area contributed by atoms with Gasteiger partial charge in [-0.3, -0.25) is 10.1 Å². The van der Waals surface area contributed by atoms with Gasteiger partial charge in [0.05, 0.1) is 32.1 Å². The predicted octanol–water partition coefficient (Wildman–Crippen LogP) is 6.67. The van der Waals surface area contributed by atoms with E-state index in [2.05, 4.69) is 0 Å². The van der Waals surface area contributed by atoms with Gasteiger partial charge in [0, 0.05) is 28.6 Å². The lowest BCUT2D eigenvalue weighted by Gasteiger charge is -2.07. The monoisotopic (exact) mass is 526 g/mol. The van der Waals surface area contributed by atoms with Crippen LogP contribution in [0.5, 0.6) is 11.5 Å². The predicted molar refractivity (Wildman–Crippen MR) is 136 cm³/mol. The molecule has 2 heterocycles. The normalized spacial score (nSPS) is 13.3. The Morgan fingerprint density at radius 1 is 1.03 bits per heavy atom. The van der Waals surface area contributed by atoms with E-state index in [1.165, 1.54) is 23.5 Å². The van der Waals surface area contributed by atoms with E-state index in [1.54, 1.807) is 35.0 Å². The summed E-state index contributed by atoms with van der Waals surface area (Å²) in [6.45, 7) is 2.07. The molecule has 0 N–H and O–H groups in total. The van der Waals surface area contributed by atoms with Gasteiger partial charge in [0.15, 0.2) is 11.5 Å². The van der Waals surface area contributed by atoms with Crippen LogP contribution in [0.1, 0.15) is 12.5 Å². The van der Waals surface area contributed by atoms with Crippen molar-refractivity contribution < 1.29 is 14.4 Å². The van der Waals surface area contributed by atoms with Gasteiger partial charge in [0.25, 0.3) is 5.69 Å². The molecule has 0 unspecified atom stereocenters. The molecule has 1 aliphatic heterocycles. The summed E-state index contributed by atoms with van der Waals surface area (Å²) in [5.41, 5.74) is 3.66. The van der Waals surface area contributed by atoms with Gasteiger partial charge >= 0.3 is 0 Å². The van der Waals surface area contributed by atoms with Crippen molar-refractivity contribution in [2.24, 2.45) is 10.1 Å². The second-order valence-corrected chi connectivity index (χ2v) is 9.13. The molecule has 1 aromatic heterocycles. The number of nitro groups is 1. The number of hydrogen-bond acceptors (Lipinski definition) is 7. The number of rotatable bonds is 5. The van der Waals surface area contributed by atoms with E-state index in [1.807, 2.05) is 30.5 Å². The maximum absolute atomic E-state index is 11.1. The van der Waals surface area contributed by atoms with Crippen molar-refractivity contribution >= 4 is 51.6 Å². The molecular weight excluding hydrogens is 511 g/mol. The second kappa shape index (κ2) is 9.53. The minimum Gasteiger partial charge on any atom is -0.454 e. The first-order valence-electron chi connectivity index (χ1n) is 10.3. The first-order valence-corrected chi connectivity index (χ1v) is 11.9. The van der Waals surface area contributed by atoms with Crippen molar-refractivity contribution in [3.05, 3.63) is 96.6 Å². The SMILES string of the molecule is CC(=Nn1c(-c2ccc([N+](=O)[O-])cc2)csc1=Nc1ccc(Cl)c(Cl)c1)c1ccc2c(c1)OCO2. The molecule has 176 valence electrons. The topological polar surface area (TPSA) is 91.2 Å². The number of benzene rings is 3. The largest absolute Gasteiger partial charge is 0.454 e. The van der Waals surface area contributed by atoms with Crippen molar-refractivity contribution in [1.82, 2.24) is 4.68 Å². The Kier molecular flexibility index (Phi) is 6.29. The molecule has 0 saturated carbocycles. The van der Waals surface area contributed by atoms with E-state index in [0.29, 0.717) is 37.7 Å². The smallest absolute Gasteiger partial charge is 0.269 e. The Hall–Kier alpha value is -3.66. The lowest BCUT2D eigenvalue weighted by Crippen LogP contribution is -2.13. The number of ether oxygens (including phenoxy) is 2. The summed E-state index contributed by atoms with van der Waals surface area (Å²) in [6, 6.07) is 17.0. The van der Waals surface area contributed by atoms with E-state index in [0.717, 1.165) is 16.8 Å². The van der Waals surface area contributed by atoms with Crippen LogP contribution < -0.4 is 14.3 Å². The molecule has 1 aliphatic rings. The molecule has 0 amide bonds. The van der Waals surface area contributed by atoms with E-state index < -0.39 is 4.92 Å². The minimum absolute atomic E-state index is 0.0105. The van der Waals surface area contributed by atoms with Crippen molar-refractivity contribution in [2.75, 3.05) is 6.79 Å². The van der Waals surface area contributed by atoms with E-state index in [-0.39, 0.29) is 12.5 Å². The summed E-state index contributed by atoms with van der Waals surface area (Å²) in [5, 5.41) is 18.7. The van der Waals surface area contributed by atoms with Gasteiger partial charge in [-0.25, -0.2) is 9.67 Å². The molecule has 4 aromatic rings. The summed E-state index contributed by atoms with van der Waals surface area (Å²) in [6.07, 6.45) is 0. The average Bonchev–Trinajstić information content (AvgIpc) is 3.48. The molecule has 0 radical (unpaired) electrons. The summed E-state index contributed by atoms with van der Waals surface area (Å²) >= 11 is 13.6. The van der Waals surface area contributed by atoms with Crippen LogP contribution in [0.2, 0.25) is 10.0 Å². The summed E-state index contributed by atoms with van der Waals surface area (Å²) in [7, 11) is 0. The molecule has 0 bridgehead atoms. The molecule has 0 fully saturated rings. The van der Waals surface area contributed by atoms with Gasteiger partial charge < -0.3 is 9.47 Å². The highest BCUT2D eigenvalue weighted by Gasteiger charge is 2.15. The maximum Gasteiger partial charge on any atom is 0.269 e. The van der Waals surface area contributed by atoms with Crippen LogP contribution in [-0.2, 0) is 0 Å². The third kappa shape index (κ3) is 4.79. The zero-order valence-corrected chi connectivity index (χ0v) is 20.5. The van der Waals surface area contributed by atoms with Crippen molar-refractivity contribution in [1.29, 1.82) is 0 Å². The zero-order valence-electron chi connectivity index (χ0n) is 18.1. The minimum atomic E-state index is -0.432. The number of nitro benzene ring substituents is 1. The van der Waals surface area contributed by atoms with Crippen molar-refractivity contribution in [3.63, 3.8) is 0 Å². The van der Waals surface area contributed by atoms with Crippen molar-refractivity contribution in [2.45, 2.75) is 6.92 Å². The molecule has 8 nitrogen and oxygen atoms in total. The van der Waals surface area contributed by atoms with E-state index >= 15 is 0 Å². The summed E-state index contributed by atoms with van der Waals surface area (Å²) < 4.78 is 12.6. The highest BCUT2D eigenvalue weighted by Crippen LogP contribution is 2.33. The molecule has 0 atom stereocenters. The Balaban J connectivity index is 1.64. The Morgan fingerprint density at radius 3 is 2.54 bits per heavy atom. The fourth-order valence-corrected chi connectivity index (χ4v) is 4.56. The number of nitrogens with zero attached hydrogens (tertiary/aromatic N) is 4. The number of aromatic nitrogens is 1. The standard InChI is InChI=1S/C24H16Cl2N4O4S/c1-14(16-4-9-22-23(10-16)34-13-33-22)28-29-21(15-2-6-18(7-3-15)30(31)32)12-35-24(29)27-17-5-8-19(25)20(26)11-17/h2-12H,13H2,1H3. The van der Waals surface area contributed by atoms with Gasteiger partial charge in [-0.15, -0.1) is 11.3 Å². The fourth-order valence-electron chi connectivity index (χ4n) is 3.42. The Bertz CT molecular complexity index is 1540. The molecule has 5 rings (SSSR count). The molecule has 3 aromatic carbocycles. The first-order chi connectivity index (χ1) is 16.9.